The van der Waals surface area contributed by atoms with Gasteiger partial charge in [0.1, 0.15) is 5.82 Å². The van der Waals surface area contributed by atoms with Crippen molar-refractivity contribution in [1.82, 2.24) is 4.98 Å². The summed E-state index contributed by atoms with van der Waals surface area (Å²) in [6, 6.07) is 14.5. The van der Waals surface area contributed by atoms with Crippen LogP contribution < -0.4 is 5.32 Å². The fraction of sp³-hybridized carbons (Fsp3) is 0.0625. The number of aromatic nitrogens is 1. The first-order chi connectivity index (χ1) is 9.70. The quantitative estimate of drug-likeness (QED) is 0.732. The molecule has 0 aliphatic heterocycles. The molecule has 0 radical (unpaired) electrons. The maximum atomic E-state index is 12.8. The smallest absolute Gasteiger partial charge is 0.187 e. The van der Waals surface area contributed by atoms with E-state index in [9.17, 15) is 4.39 Å². The van der Waals surface area contributed by atoms with Crippen LogP contribution in [0.1, 0.15) is 5.56 Å². The van der Waals surface area contributed by atoms with Crippen molar-refractivity contribution in [3.63, 3.8) is 0 Å². The van der Waals surface area contributed by atoms with Crippen molar-refractivity contribution in [2.24, 2.45) is 0 Å². The van der Waals surface area contributed by atoms with Gasteiger partial charge in [-0.15, -0.1) is 11.3 Å². The van der Waals surface area contributed by atoms with Crippen LogP contribution in [0.3, 0.4) is 0 Å². The second-order valence-electron chi connectivity index (χ2n) is 4.54. The second kappa shape index (κ2) is 5.43. The normalized spacial score (nSPS) is 10.5. The zero-order valence-corrected chi connectivity index (χ0v) is 11.7. The largest absolute Gasteiger partial charge is 0.332 e. The van der Waals surface area contributed by atoms with Crippen molar-refractivity contribution < 1.29 is 4.39 Å². The van der Waals surface area contributed by atoms with Crippen molar-refractivity contribution in [2.75, 3.05) is 5.32 Å². The number of nitrogens with one attached hydrogen (secondary N) is 1. The fourth-order valence-electron chi connectivity index (χ4n) is 1.84. The molecule has 20 heavy (non-hydrogen) atoms. The average Bonchev–Trinajstić information content (AvgIpc) is 2.91. The molecule has 0 aliphatic carbocycles. The summed E-state index contributed by atoms with van der Waals surface area (Å²) in [6.45, 7) is 2.06. The average molecular weight is 284 g/mol. The van der Waals surface area contributed by atoms with Gasteiger partial charge in [-0.25, -0.2) is 9.37 Å². The molecule has 100 valence electrons. The molecule has 0 atom stereocenters. The number of hydrogen-bond donors (Lipinski definition) is 1. The van der Waals surface area contributed by atoms with E-state index < -0.39 is 0 Å². The van der Waals surface area contributed by atoms with E-state index in [1.807, 2.05) is 5.38 Å². The van der Waals surface area contributed by atoms with Crippen molar-refractivity contribution in [3.05, 3.63) is 65.3 Å². The first kappa shape index (κ1) is 12.8. The van der Waals surface area contributed by atoms with Crippen molar-refractivity contribution in [2.45, 2.75) is 6.92 Å². The second-order valence-corrected chi connectivity index (χ2v) is 5.39. The van der Waals surface area contributed by atoms with Crippen molar-refractivity contribution in [3.8, 4) is 11.3 Å². The van der Waals surface area contributed by atoms with Crippen LogP contribution in [0.15, 0.2) is 53.9 Å². The number of nitrogens with zero attached hydrogens (tertiary/aromatic N) is 1. The third-order valence-electron chi connectivity index (χ3n) is 2.95. The lowest BCUT2D eigenvalue weighted by Gasteiger charge is -2.01. The van der Waals surface area contributed by atoms with Crippen LogP contribution in [0.4, 0.5) is 15.2 Å². The van der Waals surface area contributed by atoms with Crippen LogP contribution in [0.2, 0.25) is 0 Å². The summed E-state index contributed by atoms with van der Waals surface area (Å²) in [7, 11) is 0. The molecule has 0 saturated carbocycles. The lowest BCUT2D eigenvalue weighted by molar-refractivity contribution is 0.628. The number of thiazole rings is 1. The molecule has 1 aromatic heterocycles. The zero-order valence-electron chi connectivity index (χ0n) is 10.9. The summed E-state index contributed by atoms with van der Waals surface area (Å²) in [5.74, 6) is -0.241. The van der Waals surface area contributed by atoms with E-state index in [0.29, 0.717) is 0 Å². The van der Waals surface area contributed by atoms with E-state index >= 15 is 0 Å². The molecule has 4 heteroatoms. The monoisotopic (exact) mass is 284 g/mol. The highest BCUT2D eigenvalue weighted by molar-refractivity contribution is 7.14. The van der Waals surface area contributed by atoms with Gasteiger partial charge in [0.25, 0.3) is 0 Å². The van der Waals surface area contributed by atoms with Crippen molar-refractivity contribution >= 4 is 22.2 Å². The molecule has 3 rings (SSSR count). The molecular formula is C16H13FN2S. The topological polar surface area (TPSA) is 24.9 Å². The molecular weight excluding hydrogens is 271 g/mol. The SMILES string of the molecule is Cc1ccc(-c2csc(Nc3ccc(F)cc3)n2)cc1. The van der Waals surface area contributed by atoms with Gasteiger partial charge in [-0.05, 0) is 31.2 Å². The van der Waals surface area contributed by atoms with E-state index in [1.54, 1.807) is 12.1 Å². The third-order valence-corrected chi connectivity index (χ3v) is 3.70. The van der Waals surface area contributed by atoms with Gasteiger partial charge >= 0.3 is 0 Å². The van der Waals surface area contributed by atoms with Crippen LogP contribution in [-0.4, -0.2) is 4.98 Å². The number of benzene rings is 2. The van der Waals surface area contributed by atoms with Gasteiger partial charge in [-0.2, -0.15) is 0 Å². The molecule has 0 fully saturated rings. The van der Waals surface area contributed by atoms with Crippen LogP contribution >= 0.6 is 11.3 Å². The van der Waals surface area contributed by atoms with Gasteiger partial charge in [0, 0.05) is 16.6 Å². The van der Waals surface area contributed by atoms with E-state index in [0.717, 1.165) is 22.1 Å². The summed E-state index contributed by atoms with van der Waals surface area (Å²) in [4.78, 5) is 4.54. The predicted octanol–water partition coefficient (Wildman–Crippen LogP) is 5.00. The minimum atomic E-state index is -0.241. The summed E-state index contributed by atoms with van der Waals surface area (Å²) in [5.41, 5.74) is 4.10. The number of rotatable bonds is 3. The van der Waals surface area contributed by atoms with Gasteiger partial charge in [0.05, 0.1) is 5.69 Å². The highest BCUT2D eigenvalue weighted by Gasteiger charge is 2.04. The van der Waals surface area contributed by atoms with Crippen molar-refractivity contribution in [1.29, 1.82) is 0 Å². The Bertz CT molecular complexity index is 702. The van der Waals surface area contributed by atoms with E-state index in [2.05, 4.69) is 41.5 Å². The Morgan fingerprint density at radius 3 is 2.40 bits per heavy atom. The number of halogens is 1. The maximum Gasteiger partial charge on any atom is 0.187 e. The molecule has 2 aromatic carbocycles. The molecule has 1 N–H and O–H groups in total. The lowest BCUT2D eigenvalue weighted by atomic mass is 10.1. The highest BCUT2D eigenvalue weighted by atomic mass is 32.1. The van der Waals surface area contributed by atoms with Gasteiger partial charge in [-0.1, -0.05) is 29.8 Å². The number of anilines is 2. The van der Waals surface area contributed by atoms with E-state index in [4.69, 9.17) is 0 Å². The standard InChI is InChI=1S/C16H13FN2S/c1-11-2-4-12(5-3-11)15-10-20-16(19-15)18-14-8-6-13(17)7-9-14/h2-10H,1H3,(H,18,19). The number of hydrogen-bond acceptors (Lipinski definition) is 3. The predicted molar refractivity (Wildman–Crippen MR) is 82.0 cm³/mol. The molecule has 0 bridgehead atoms. The first-order valence-electron chi connectivity index (χ1n) is 6.26. The Morgan fingerprint density at radius 2 is 1.70 bits per heavy atom. The molecule has 2 nitrogen and oxygen atoms in total. The Morgan fingerprint density at radius 1 is 1.00 bits per heavy atom. The highest BCUT2D eigenvalue weighted by Crippen LogP contribution is 2.27. The summed E-state index contributed by atoms with van der Waals surface area (Å²) >= 11 is 1.53. The van der Waals surface area contributed by atoms with E-state index in [1.165, 1.54) is 29.0 Å². The maximum absolute atomic E-state index is 12.8. The third kappa shape index (κ3) is 2.86. The molecule has 3 aromatic rings. The Labute approximate surface area is 120 Å². The van der Waals surface area contributed by atoms with Crippen LogP contribution in [0.25, 0.3) is 11.3 Å². The molecule has 0 spiro atoms. The molecule has 1 heterocycles. The van der Waals surface area contributed by atoms with Crippen LogP contribution in [0, 0.1) is 12.7 Å². The molecule has 0 aliphatic rings. The lowest BCUT2D eigenvalue weighted by Crippen LogP contribution is -1.89. The molecule has 0 amide bonds. The Hall–Kier alpha value is -2.20. The fourth-order valence-corrected chi connectivity index (χ4v) is 2.58. The van der Waals surface area contributed by atoms with Crippen LogP contribution in [0.5, 0.6) is 0 Å². The summed E-state index contributed by atoms with van der Waals surface area (Å²) in [5, 5.41) is 5.98. The summed E-state index contributed by atoms with van der Waals surface area (Å²) in [6.07, 6.45) is 0. The molecule has 0 saturated heterocycles. The first-order valence-corrected chi connectivity index (χ1v) is 7.14. The Kier molecular flexibility index (Phi) is 3.48. The van der Waals surface area contributed by atoms with Gasteiger partial charge < -0.3 is 5.32 Å². The minimum absolute atomic E-state index is 0.241. The Balaban J connectivity index is 1.80. The van der Waals surface area contributed by atoms with Gasteiger partial charge in [0.2, 0.25) is 0 Å². The van der Waals surface area contributed by atoms with Gasteiger partial charge in [-0.3, -0.25) is 0 Å². The number of aryl methyl sites for hydroxylation is 1. The minimum Gasteiger partial charge on any atom is -0.332 e. The molecule has 0 unspecified atom stereocenters. The van der Waals surface area contributed by atoms with Gasteiger partial charge in [0.15, 0.2) is 5.13 Å². The summed E-state index contributed by atoms with van der Waals surface area (Å²) < 4.78 is 12.8. The zero-order chi connectivity index (χ0) is 13.9. The van der Waals surface area contributed by atoms with E-state index in [-0.39, 0.29) is 5.82 Å². The van der Waals surface area contributed by atoms with Crippen LogP contribution in [-0.2, 0) is 0 Å².